The summed E-state index contributed by atoms with van der Waals surface area (Å²) >= 11 is 0. The molecule has 0 aromatic carbocycles. The van der Waals surface area contributed by atoms with Gasteiger partial charge in [-0.3, -0.25) is 4.79 Å². The first-order chi connectivity index (χ1) is 11.4. The average molecular weight is 343 g/mol. The summed E-state index contributed by atoms with van der Waals surface area (Å²) in [4.78, 5) is 26.1. The van der Waals surface area contributed by atoms with E-state index < -0.39 is 17.9 Å². The molecule has 24 heavy (non-hydrogen) atoms. The van der Waals surface area contributed by atoms with Crippen LogP contribution in [0.2, 0.25) is 0 Å². The molecule has 0 aliphatic heterocycles. The predicted octanol–water partition coefficient (Wildman–Crippen LogP) is 1.56. The van der Waals surface area contributed by atoms with Crippen LogP contribution >= 0.6 is 0 Å². The number of nitrogens with zero attached hydrogens (tertiary/aromatic N) is 4. The van der Waals surface area contributed by atoms with E-state index in [2.05, 4.69) is 25.3 Å². The van der Waals surface area contributed by atoms with Gasteiger partial charge in [0.1, 0.15) is 6.61 Å². The quantitative estimate of drug-likeness (QED) is 0.795. The third kappa shape index (κ3) is 4.59. The fraction of sp³-hybridized carbons (Fsp3) is 0.308. The van der Waals surface area contributed by atoms with E-state index in [1.807, 2.05) is 0 Å². The van der Waals surface area contributed by atoms with Crippen LogP contribution in [0.5, 0.6) is 5.88 Å². The van der Waals surface area contributed by atoms with Gasteiger partial charge in [-0.2, -0.15) is 13.2 Å². The molecule has 2 aromatic rings. The second-order valence-corrected chi connectivity index (χ2v) is 4.30. The van der Waals surface area contributed by atoms with Crippen molar-refractivity contribution in [2.24, 2.45) is 0 Å². The lowest BCUT2D eigenvalue weighted by atomic mass is 10.3. The maximum absolute atomic E-state index is 12.4. The fourth-order valence-electron chi connectivity index (χ4n) is 1.51. The molecule has 1 N–H and O–H groups in total. The molecule has 0 spiro atoms. The van der Waals surface area contributed by atoms with Crippen molar-refractivity contribution in [3.05, 3.63) is 36.2 Å². The molecule has 2 heterocycles. The van der Waals surface area contributed by atoms with Gasteiger partial charge in [0, 0.05) is 31.9 Å². The van der Waals surface area contributed by atoms with E-state index in [1.54, 1.807) is 0 Å². The van der Waals surface area contributed by atoms with E-state index in [-0.39, 0.29) is 23.9 Å². The summed E-state index contributed by atoms with van der Waals surface area (Å²) in [5.74, 6) is -2.02. The van der Waals surface area contributed by atoms with Gasteiger partial charge in [-0.15, -0.1) is 0 Å². The van der Waals surface area contributed by atoms with Crippen LogP contribution in [0.25, 0.3) is 0 Å². The van der Waals surface area contributed by atoms with Gasteiger partial charge in [-0.1, -0.05) is 0 Å². The first-order valence-corrected chi connectivity index (χ1v) is 6.55. The summed E-state index contributed by atoms with van der Waals surface area (Å²) in [5.41, 5.74) is -0.170. The Morgan fingerprint density at radius 3 is 2.42 bits per heavy atom. The molecule has 0 saturated carbocycles. The SMILES string of the molecule is COCCOc1nccnc1NC(=O)c1cnc(C(F)(F)F)nc1. The molecule has 0 aliphatic rings. The number of hydrogen-bond acceptors (Lipinski definition) is 7. The molecule has 0 fully saturated rings. The van der Waals surface area contributed by atoms with Crippen molar-refractivity contribution in [1.29, 1.82) is 0 Å². The van der Waals surface area contributed by atoms with E-state index in [1.165, 1.54) is 19.5 Å². The maximum Gasteiger partial charge on any atom is 0.451 e. The van der Waals surface area contributed by atoms with Gasteiger partial charge in [-0.25, -0.2) is 19.9 Å². The van der Waals surface area contributed by atoms with Crippen molar-refractivity contribution in [2.45, 2.75) is 6.18 Å². The van der Waals surface area contributed by atoms with Crippen molar-refractivity contribution in [3.63, 3.8) is 0 Å². The molecule has 0 unspecified atom stereocenters. The molecule has 0 bridgehead atoms. The third-order valence-corrected chi connectivity index (χ3v) is 2.59. The minimum absolute atomic E-state index is 0.0125. The van der Waals surface area contributed by atoms with Crippen molar-refractivity contribution in [1.82, 2.24) is 19.9 Å². The molecule has 0 saturated heterocycles. The molecule has 128 valence electrons. The van der Waals surface area contributed by atoms with Crippen LogP contribution in [0.15, 0.2) is 24.8 Å². The van der Waals surface area contributed by atoms with E-state index in [0.717, 1.165) is 12.4 Å². The number of halogens is 3. The standard InChI is InChI=1S/C13H12F3N5O3/c1-23-4-5-24-11-9(17-2-3-18-11)21-10(22)8-6-19-12(20-7-8)13(14,15)16/h2-3,6-7H,4-5H2,1H3,(H,17,21,22). The Balaban J connectivity index is 2.09. The number of alkyl halides is 3. The van der Waals surface area contributed by atoms with Crippen molar-refractivity contribution in [3.8, 4) is 5.88 Å². The van der Waals surface area contributed by atoms with Crippen LogP contribution in [0, 0.1) is 0 Å². The van der Waals surface area contributed by atoms with Gasteiger partial charge < -0.3 is 14.8 Å². The minimum atomic E-state index is -4.68. The highest BCUT2D eigenvalue weighted by molar-refractivity contribution is 6.03. The first-order valence-electron chi connectivity index (χ1n) is 6.55. The monoisotopic (exact) mass is 343 g/mol. The number of hydrogen-bond donors (Lipinski definition) is 1. The number of anilines is 1. The second kappa shape index (κ2) is 7.64. The van der Waals surface area contributed by atoms with Gasteiger partial charge in [0.15, 0.2) is 5.82 Å². The summed E-state index contributed by atoms with van der Waals surface area (Å²) in [6.07, 6.45) is -0.455. The van der Waals surface area contributed by atoms with Crippen LogP contribution < -0.4 is 10.1 Å². The Bertz CT molecular complexity index is 694. The summed E-state index contributed by atoms with van der Waals surface area (Å²) in [6, 6.07) is 0. The lowest BCUT2D eigenvalue weighted by Gasteiger charge is -2.10. The van der Waals surface area contributed by atoms with Crippen LogP contribution in [-0.2, 0) is 10.9 Å². The number of nitrogens with one attached hydrogen (secondary N) is 1. The number of ether oxygens (including phenoxy) is 2. The lowest BCUT2D eigenvalue weighted by molar-refractivity contribution is -0.145. The number of carbonyl (C=O) groups is 1. The van der Waals surface area contributed by atoms with E-state index >= 15 is 0 Å². The Labute approximate surface area is 134 Å². The minimum Gasteiger partial charge on any atom is -0.473 e. The molecule has 8 nitrogen and oxygen atoms in total. The Morgan fingerprint density at radius 2 is 1.79 bits per heavy atom. The Hall–Kier alpha value is -2.82. The second-order valence-electron chi connectivity index (χ2n) is 4.30. The Kier molecular flexibility index (Phi) is 5.58. The highest BCUT2D eigenvalue weighted by atomic mass is 19.4. The highest BCUT2D eigenvalue weighted by Crippen LogP contribution is 2.25. The van der Waals surface area contributed by atoms with Crippen LogP contribution in [-0.4, -0.2) is 46.2 Å². The van der Waals surface area contributed by atoms with E-state index in [4.69, 9.17) is 9.47 Å². The van der Waals surface area contributed by atoms with Crippen molar-refractivity contribution >= 4 is 11.7 Å². The van der Waals surface area contributed by atoms with Crippen LogP contribution in [0.4, 0.5) is 19.0 Å². The average Bonchev–Trinajstić information content (AvgIpc) is 2.56. The van der Waals surface area contributed by atoms with E-state index in [0.29, 0.717) is 6.61 Å². The molecule has 0 radical (unpaired) electrons. The Morgan fingerprint density at radius 1 is 1.12 bits per heavy atom. The molecule has 1 amide bonds. The first kappa shape index (κ1) is 17.5. The predicted molar refractivity (Wildman–Crippen MR) is 74.4 cm³/mol. The maximum atomic E-state index is 12.4. The molecule has 2 aromatic heterocycles. The number of carbonyl (C=O) groups excluding carboxylic acids is 1. The third-order valence-electron chi connectivity index (χ3n) is 2.59. The van der Waals surface area contributed by atoms with Gasteiger partial charge in [0.2, 0.25) is 5.82 Å². The smallest absolute Gasteiger partial charge is 0.451 e. The highest BCUT2D eigenvalue weighted by Gasteiger charge is 2.34. The summed E-state index contributed by atoms with van der Waals surface area (Å²) < 4.78 is 47.3. The molecule has 2 rings (SSSR count). The van der Waals surface area contributed by atoms with Gasteiger partial charge in [0.05, 0.1) is 12.2 Å². The number of methoxy groups -OCH3 is 1. The zero-order valence-electron chi connectivity index (χ0n) is 12.4. The zero-order valence-corrected chi connectivity index (χ0v) is 12.4. The summed E-state index contributed by atoms with van der Waals surface area (Å²) in [7, 11) is 1.49. The summed E-state index contributed by atoms with van der Waals surface area (Å²) in [6.45, 7) is 0.484. The number of rotatable bonds is 6. The number of amides is 1. The topological polar surface area (TPSA) is 99.1 Å². The molecule has 0 atom stereocenters. The van der Waals surface area contributed by atoms with Gasteiger partial charge in [-0.05, 0) is 0 Å². The summed E-state index contributed by atoms with van der Waals surface area (Å²) in [5, 5.41) is 2.37. The number of aromatic nitrogens is 4. The zero-order chi connectivity index (χ0) is 17.6. The van der Waals surface area contributed by atoms with Gasteiger partial charge in [0.25, 0.3) is 11.8 Å². The van der Waals surface area contributed by atoms with Crippen molar-refractivity contribution in [2.75, 3.05) is 25.6 Å². The molecule has 0 aliphatic carbocycles. The molecular formula is C13H12F3N5O3. The van der Waals surface area contributed by atoms with Crippen LogP contribution in [0.1, 0.15) is 16.2 Å². The van der Waals surface area contributed by atoms with E-state index in [9.17, 15) is 18.0 Å². The lowest BCUT2D eigenvalue weighted by Crippen LogP contribution is -2.17. The van der Waals surface area contributed by atoms with Crippen molar-refractivity contribution < 1.29 is 27.4 Å². The fourth-order valence-corrected chi connectivity index (χ4v) is 1.51. The normalized spacial score (nSPS) is 11.2. The molecular weight excluding hydrogens is 331 g/mol. The largest absolute Gasteiger partial charge is 0.473 e. The van der Waals surface area contributed by atoms with Gasteiger partial charge >= 0.3 is 6.18 Å². The molecule has 11 heteroatoms. The van der Waals surface area contributed by atoms with Crippen LogP contribution in [0.3, 0.4) is 0 Å².